The summed E-state index contributed by atoms with van der Waals surface area (Å²) in [5.74, 6) is 0. The van der Waals surface area contributed by atoms with Gasteiger partial charge in [-0.15, -0.1) is 0 Å². The van der Waals surface area contributed by atoms with Crippen LogP contribution in [0.3, 0.4) is 0 Å². The lowest BCUT2D eigenvalue weighted by atomic mass is 10.1. The van der Waals surface area contributed by atoms with Crippen molar-refractivity contribution in [2.45, 2.75) is 13.0 Å². The molecule has 0 atom stereocenters. The van der Waals surface area contributed by atoms with Gasteiger partial charge in [0.2, 0.25) is 0 Å². The molecule has 0 unspecified atom stereocenters. The largest absolute Gasteiger partial charge is 0.325 e. The van der Waals surface area contributed by atoms with Crippen molar-refractivity contribution < 1.29 is 4.79 Å². The highest BCUT2D eigenvalue weighted by Crippen LogP contribution is 2.09. The van der Waals surface area contributed by atoms with Gasteiger partial charge in [-0.25, -0.2) is 0 Å². The molecule has 0 bridgehead atoms. The zero-order valence-electron chi connectivity index (χ0n) is 10.6. The van der Waals surface area contributed by atoms with E-state index in [0.29, 0.717) is 13.1 Å². The third kappa shape index (κ3) is 4.42. The van der Waals surface area contributed by atoms with Crippen molar-refractivity contribution in [2.75, 3.05) is 6.54 Å². The fourth-order valence-electron chi connectivity index (χ4n) is 1.94. The summed E-state index contributed by atoms with van der Waals surface area (Å²) in [7, 11) is 0. The number of rotatable bonds is 5. The topological polar surface area (TPSA) is 20.3 Å². The number of carbonyl (C=O) groups is 1. The molecule has 2 aromatic rings. The van der Waals surface area contributed by atoms with Crippen LogP contribution >= 0.6 is 11.6 Å². The van der Waals surface area contributed by atoms with Crippen LogP contribution in [-0.4, -0.2) is 16.8 Å². The fraction of sp³-hybridized carbons (Fsp3) is 0.188. The third-order valence-corrected chi connectivity index (χ3v) is 3.22. The van der Waals surface area contributed by atoms with E-state index in [-0.39, 0.29) is 0 Å². The molecule has 2 aromatic carbocycles. The standard InChI is InChI=1S/C16H16ClNO/c17-16(19)18(13-15-9-5-2-6-10-15)12-11-14-7-3-1-4-8-14/h1-10H,11-13H2. The maximum Gasteiger partial charge on any atom is 0.316 e. The number of halogens is 1. The molecule has 0 saturated carbocycles. The molecular formula is C16H16ClNO. The molecule has 3 heteroatoms. The Balaban J connectivity index is 1.95. The van der Waals surface area contributed by atoms with Gasteiger partial charge in [0, 0.05) is 13.1 Å². The Morgan fingerprint density at radius 1 is 0.895 bits per heavy atom. The number of hydrogen-bond acceptors (Lipinski definition) is 1. The summed E-state index contributed by atoms with van der Waals surface area (Å²) >= 11 is 5.65. The van der Waals surface area contributed by atoms with Crippen LogP contribution in [0.25, 0.3) is 0 Å². The molecule has 0 fully saturated rings. The molecule has 2 nitrogen and oxygen atoms in total. The van der Waals surface area contributed by atoms with E-state index in [1.165, 1.54) is 5.56 Å². The lowest BCUT2D eigenvalue weighted by Crippen LogP contribution is -2.28. The Morgan fingerprint density at radius 3 is 1.95 bits per heavy atom. The molecule has 0 spiro atoms. The van der Waals surface area contributed by atoms with Crippen molar-refractivity contribution in [2.24, 2.45) is 0 Å². The van der Waals surface area contributed by atoms with E-state index in [2.05, 4.69) is 12.1 Å². The van der Waals surface area contributed by atoms with Crippen LogP contribution in [0, 0.1) is 0 Å². The Bertz CT molecular complexity index is 513. The maximum atomic E-state index is 11.5. The molecule has 0 aromatic heterocycles. The van der Waals surface area contributed by atoms with Crippen molar-refractivity contribution in [3.63, 3.8) is 0 Å². The van der Waals surface area contributed by atoms with Crippen LogP contribution in [0.5, 0.6) is 0 Å². The summed E-state index contributed by atoms with van der Waals surface area (Å²) in [5.41, 5.74) is 2.29. The molecule has 0 radical (unpaired) electrons. The molecule has 0 saturated heterocycles. The summed E-state index contributed by atoms with van der Waals surface area (Å²) in [5, 5.41) is -0.403. The van der Waals surface area contributed by atoms with Crippen LogP contribution in [-0.2, 0) is 13.0 Å². The Hall–Kier alpha value is -1.80. The third-order valence-electron chi connectivity index (χ3n) is 2.98. The predicted molar refractivity (Wildman–Crippen MR) is 78.2 cm³/mol. The first-order valence-electron chi connectivity index (χ1n) is 6.28. The number of carbonyl (C=O) groups excluding carboxylic acids is 1. The molecule has 2 rings (SSSR count). The molecule has 0 aliphatic rings. The average molecular weight is 274 g/mol. The quantitative estimate of drug-likeness (QED) is 0.593. The van der Waals surface area contributed by atoms with E-state index in [0.717, 1.165) is 12.0 Å². The highest BCUT2D eigenvalue weighted by Gasteiger charge is 2.11. The van der Waals surface area contributed by atoms with Gasteiger partial charge < -0.3 is 4.90 Å². The van der Waals surface area contributed by atoms with Crippen molar-refractivity contribution >= 4 is 17.0 Å². The van der Waals surface area contributed by atoms with Gasteiger partial charge in [-0.3, -0.25) is 4.79 Å². The van der Waals surface area contributed by atoms with Crippen LogP contribution in [0.4, 0.5) is 4.79 Å². The van der Waals surface area contributed by atoms with Gasteiger partial charge in [0.15, 0.2) is 0 Å². The van der Waals surface area contributed by atoms with Gasteiger partial charge in [-0.05, 0) is 29.1 Å². The second kappa shape index (κ2) is 6.95. The fourth-order valence-corrected chi connectivity index (χ4v) is 2.09. The molecular weight excluding hydrogens is 258 g/mol. The maximum absolute atomic E-state index is 11.5. The Morgan fingerprint density at radius 2 is 1.42 bits per heavy atom. The number of hydrogen-bond donors (Lipinski definition) is 0. The first-order chi connectivity index (χ1) is 9.25. The van der Waals surface area contributed by atoms with Crippen molar-refractivity contribution in [1.29, 1.82) is 0 Å². The lowest BCUT2D eigenvalue weighted by Gasteiger charge is -2.19. The molecule has 0 N–H and O–H groups in total. The Kier molecular flexibility index (Phi) is 4.99. The van der Waals surface area contributed by atoms with Crippen molar-refractivity contribution in [3.05, 3.63) is 71.8 Å². The van der Waals surface area contributed by atoms with E-state index in [1.807, 2.05) is 48.5 Å². The van der Waals surface area contributed by atoms with Gasteiger partial charge in [0.05, 0.1) is 0 Å². The second-order valence-corrected chi connectivity index (χ2v) is 4.72. The smallest absolute Gasteiger partial charge is 0.316 e. The summed E-state index contributed by atoms with van der Waals surface area (Å²) in [6, 6.07) is 20.0. The van der Waals surface area contributed by atoms with E-state index in [4.69, 9.17) is 11.6 Å². The molecule has 98 valence electrons. The minimum absolute atomic E-state index is 0.403. The zero-order chi connectivity index (χ0) is 13.5. The molecule has 0 aliphatic heterocycles. The zero-order valence-corrected chi connectivity index (χ0v) is 11.4. The van der Waals surface area contributed by atoms with Gasteiger partial charge in [-0.1, -0.05) is 60.7 Å². The molecule has 1 amide bonds. The van der Waals surface area contributed by atoms with Gasteiger partial charge >= 0.3 is 5.37 Å². The minimum atomic E-state index is -0.403. The van der Waals surface area contributed by atoms with Crippen LogP contribution in [0.1, 0.15) is 11.1 Å². The van der Waals surface area contributed by atoms with E-state index in [1.54, 1.807) is 4.90 Å². The van der Waals surface area contributed by atoms with Crippen molar-refractivity contribution in [3.8, 4) is 0 Å². The van der Waals surface area contributed by atoms with Crippen LogP contribution in [0.2, 0.25) is 0 Å². The van der Waals surface area contributed by atoms with Gasteiger partial charge in [-0.2, -0.15) is 0 Å². The SMILES string of the molecule is O=C(Cl)N(CCc1ccccc1)Cc1ccccc1. The van der Waals surface area contributed by atoms with Crippen LogP contribution in [0.15, 0.2) is 60.7 Å². The van der Waals surface area contributed by atoms with Crippen LogP contribution < -0.4 is 0 Å². The normalized spacial score (nSPS) is 10.2. The second-order valence-electron chi connectivity index (χ2n) is 4.40. The van der Waals surface area contributed by atoms with Gasteiger partial charge in [0.25, 0.3) is 0 Å². The molecule has 0 heterocycles. The number of nitrogens with zero attached hydrogens (tertiary/aromatic N) is 1. The first-order valence-corrected chi connectivity index (χ1v) is 6.66. The number of benzene rings is 2. The first kappa shape index (κ1) is 13.6. The summed E-state index contributed by atoms with van der Waals surface area (Å²) in [6.07, 6.45) is 0.812. The Labute approximate surface area is 118 Å². The monoisotopic (exact) mass is 273 g/mol. The lowest BCUT2D eigenvalue weighted by molar-refractivity contribution is 0.220. The van der Waals surface area contributed by atoms with Gasteiger partial charge in [0.1, 0.15) is 0 Å². The summed E-state index contributed by atoms with van der Waals surface area (Å²) < 4.78 is 0. The molecule has 0 aliphatic carbocycles. The number of amides is 1. The van der Waals surface area contributed by atoms with E-state index < -0.39 is 5.37 Å². The summed E-state index contributed by atoms with van der Waals surface area (Å²) in [6.45, 7) is 1.18. The average Bonchev–Trinajstić information content (AvgIpc) is 2.45. The highest BCUT2D eigenvalue weighted by molar-refractivity contribution is 6.62. The van der Waals surface area contributed by atoms with E-state index >= 15 is 0 Å². The van der Waals surface area contributed by atoms with Crippen molar-refractivity contribution in [1.82, 2.24) is 4.90 Å². The minimum Gasteiger partial charge on any atom is -0.325 e. The highest BCUT2D eigenvalue weighted by atomic mass is 35.5. The molecule has 19 heavy (non-hydrogen) atoms. The summed E-state index contributed by atoms with van der Waals surface area (Å²) in [4.78, 5) is 13.1. The van der Waals surface area contributed by atoms with E-state index in [9.17, 15) is 4.79 Å². The predicted octanol–water partition coefficient (Wildman–Crippen LogP) is 4.09.